The fraction of sp³-hybridized carbons (Fsp3) is 0.348. The normalized spacial score (nSPS) is 11.5. The Kier molecular flexibility index (Phi) is 8.18. The molecule has 0 atom stereocenters. The summed E-state index contributed by atoms with van der Waals surface area (Å²) in [6, 6.07) is 14.5. The number of para-hydroxylation sites is 1. The number of hydrogen-bond donors (Lipinski definition) is 2. The topological polar surface area (TPSA) is 123 Å². The van der Waals surface area contributed by atoms with Crippen LogP contribution in [0.5, 0.6) is 5.75 Å². The molecule has 0 bridgehead atoms. The number of aryl methyl sites for hydroxylation is 1. The van der Waals surface area contributed by atoms with Crippen molar-refractivity contribution in [2.45, 2.75) is 31.2 Å². The van der Waals surface area contributed by atoms with Gasteiger partial charge in [-0.3, -0.25) is 4.90 Å². The van der Waals surface area contributed by atoms with Crippen molar-refractivity contribution in [2.24, 2.45) is 0 Å². The molecule has 10 heteroatoms. The Bertz CT molecular complexity index is 1190. The second-order valence-electron chi connectivity index (χ2n) is 7.76. The van der Waals surface area contributed by atoms with Gasteiger partial charge in [-0.25, -0.2) is 8.42 Å². The molecule has 3 aromatic rings. The van der Waals surface area contributed by atoms with E-state index in [1.165, 1.54) is 12.3 Å². The third-order valence-corrected chi connectivity index (χ3v) is 6.05. The average Bonchev–Trinajstić information content (AvgIpc) is 2.76. The molecule has 0 aliphatic rings. The number of nitrogens with two attached hydrogens (primary N) is 1. The van der Waals surface area contributed by atoms with Gasteiger partial charge in [-0.15, -0.1) is 0 Å². The Morgan fingerprint density at radius 3 is 2.64 bits per heavy atom. The van der Waals surface area contributed by atoms with Crippen LogP contribution in [0.2, 0.25) is 0 Å². The van der Waals surface area contributed by atoms with Crippen LogP contribution in [-0.2, 0) is 22.8 Å². The predicted octanol–water partition coefficient (Wildman–Crippen LogP) is 3.06. The first-order valence-corrected chi connectivity index (χ1v) is 12.6. The zero-order chi connectivity index (χ0) is 23.8. The second-order valence-corrected chi connectivity index (χ2v) is 9.77. The molecule has 3 rings (SSSR count). The molecule has 176 valence electrons. The molecule has 0 amide bonds. The first-order chi connectivity index (χ1) is 15.7. The molecule has 0 aliphatic heterocycles. The Morgan fingerprint density at radius 2 is 1.88 bits per heavy atom. The Morgan fingerprint density at radius 1 is 1.09 bits per heavy atom. The number of anilines is 3. The average molecular weight is 471 g/mol. The minimum absolute atomic E-state index is 0.166. The molecule has 1 aromatic heterocycles. The van der Waals surface area contributed by atoms with Crippen LogP contribution in [0.3, 0.4) is 0 Å². The SMILES string of the molecule is CCc1ccccc1Nc1nc(N)nc(CN(C)CCCOc2cccc(S(C)(=O)=O)c2)n1. The highest BCUT2D eigenvalue weighted by molar-refractivity contribution is 7.90. The van der Waals surface area contributed by atoms with E-state index in [4.69, 9.17) is 10.5 Å². The first-order valence-electron chi connectivity index (χ1n) is 10.7. The summed E-state index contributed by atoms with van der Waals surface area (Å²) in [6.45, 7) is 3.78. The summed E-state index contributed by atoms with van der Waals surface area (Å²) in [5, 5.41) is 3.24. The van der Waals surface area contributed by atoms with E-state index in [9.17, 15) is 8.42 Å². The van der Waals surface area contributed by atoms with Crippen LogP contribution in [0, 0.1) is 0 Å². The summed E-state index contributed by atoms with van der Waals surface area (Å²) in [6.07, 6.45) is 2.81. The smallest absolute Gasteiger partial charge is 0.232 e. The van der Waals surface area contributed by atoms with Crippen molar-refractivity contribution in [3.05, 3.63) is 59.9 Å². The Hall–Kier alpha value is -3.24. The zero-order valence-electron chi connectivity index (χ0n) is 19.2. The number of nitrogens with zero attached hydrogens (tertiary/aromatic N) is 4. The highest BCUT2D eigenvalue weighted by Gasteiger charge is 2.10. The van der Waals surface area contributed by atoms with Gasteiger partial charge >= 0.3 is 0 Å². The second kappa shape index (κ2) is 11.1. The Balaban J connectivity index is 1.53. The lowest BCUT2D eigenvalue weighted by Crippen LogP contribution is -2.23. The number of sulfone groups is 1. The monoisotopic (exact) mass is 470 g/mol. The number of aromatic nitrogens is 3. The zero-order valence-corrected chi connectivity index (χ0v) is 20.0. The van der Waals surface area contributed by atoms with E-state index in [1.807, 2.05) is 25.2 Å². The number of hydrogen-bond acceptors (Lipinski definition) is 9. The molecule has 0 aliphatic carbocycles. The van der Waals surface area contributed by atoms with Crippen LogP contribution in [-0.4, -0.2) is 54.7 Å². The number of nitrogens with one attached hydrogen (secondary N) is 1. The molecular formula is C23H30N6O3S. The summed E-state index contributed by atoms with van der Waals surface area (Å²) in [5.74, 6) is 1.69. The van der Waals surface area contributed by atoms with Gasteiger partial charge in [0.05, 0.1) is 18.0 Å². The van der Waals surface area contributed by atoms with E-state index in [1.54, 1.807) is 18.2 Å². The van der Waals surface area contributed by atoms with Gasteiger partial charge in [0.25, 0.3) is 0 Å². The lowest BCUT2D eigenvalue weighted by atomic mass is 10.1. The van der Waals surface area contributed by atoms with Gasteiger partial charge in [-0.1, -0.05) is 31.2 Å². The van der Waals surface area contributed by atoms with Crippen molar-refractivity contribution in [1.82, 2.24) is 19.9 Å². The van der Waals surface area contributed by atoms with E-state index >= 15 is 0 Å². The summed E-state index contributed by atoms with van der Waals surface area (Å²) in [4.78, 5) is 15.3. The summed E-state index contributed by atoms with van der Waals surface area (Å²) in [7, 11) is -1.30. The first kappa shape index (κ1) is 24.4. The fourth-order valence-corrected chi connectivity index (χ4v) is 3.93. The number of benzene rings is 2. The Labute approximate surface area is 195 Å². The van der Waals surface area contributed by atoms with Crippen LogP contribution < -0.4 is 15.8 Å². The van der Waals surface area contributed by atoms with Crippen LogP contribution >= 0.6 is 0 Å². The lowest BCUT2D eigenvalue weighted by molar-refractivity contribution is 0.255. The molecule has 0 saturated carbocycles. The number of rotatable bonds is 11. The van der Waals surface area contributed by atoms with Crippen molar-refractivity contribution < 1.29 is 13.2 Å². The van der Waals surface area contributed by atoms with Crippen LogP contribution in [0.4, 0.5) is 17.6 Å². The highest BCUT2D eigenvalue weighted by Crippen LogP contribution is 2.20. The molecule has 9 nitrogen and oxygen atoms in total. The highest BCUT2D eigenvalue weighted by atomic mass is 32.2. The quantitative estimate of drug-likeness (QED) is 0.407. The third kappa shape index (κ3) is 7.40. The molecule has 0 radical (unpaired) electrons. The van der Waals surface area contributed by atoms with Gasteiger partial charge in [0, 0.05) is 18.5 Å². The van der Waals surface area contributed by atoms with Crippen LogP contribution in [0.15, 0.2) is 53.4 Å². The van der Waals surface area contributed by atoms with E-state index in [0.29, 0.717) is 30.7 Å². The van der Waals surface area contributed by atoms with Gasteiger partial charge in [-0.2, -0.15) is 15.0 Å². The molecule has 0 fully saturated rings. The van der Waals surface area contributed by atoms with Crippen molar-refractivity contribution >= 4 is 27.4 Å². The third-order valence-electron chi connectivity index (χ3n) is 4.94. The molecule has 33 heavy (non-hydrogen) atoms. The van der Waals surface area contributed by atoms with E-state index < -0.39 is 9.84 Å². The van der Waals surface area contributed by atoms with Crippen molar-refractivity contribution in [3.8, 4) is 5.75 Å². The molecule has 2 aromatic carbocycles. The van der Waals surface area contributed by atoms with Crippen molar-refractivity contribution in [3.63, 3.8) is 0 Å². The van der Waals surface area contributed by atoms with Gasteiger partial charge in [0.1, 0.15) is 11.6 Å². The summed E-state index contributed by atoms with van der Waals surface area (Å²) in [5.41, 5.74) is 8.01. The van der Waals surface area contributed by atoms with Crippen molar-refractivity contribution in [2.75, 3.05) is 37.5 Å². The molecular weight excluding hydrogens is 440 g/mol. The van der Waals surface area contributed by atoms with E-state index in [-0.39, 0.29) is 10.8 Å². The van der Waals surface area contributed by atoms with Gasteiger partial charge in [0.2, 0.25) is 11.9 Å². The number of ether oxygens (including phenoxy) is 1. The molecule has 3 N–H and O–H groups in total. The maximum Gasteiger partial charge on any atom is 0.232 e. The van der Waals surface area contributed by atoms with Crippen LogP contribution in [0.25, 0.3) is 0 Å². The molecule has 0 saturated heterocycles. The largest absolute Gasteiger partial charge is 0.494 e. The van der Waals surface area contributed by atoms with E-state index in [0.717, 1.165) is 30.6 Å². The lowest BCUT2D eigenvalue weighted by Gasteiger charge is -2.17. The van der Waals surface area contributed by atoms with Gasteiger partial charge < -0.3 is 15.8 Å². The maximum absolute atomic E-state index is 11.7. The predicted molar refractivity (Wildman–Crippen MR) is 129 cm³/mol. The maximum atomic E-state index is 11.7. The van der Waals surface area contributed by atoms with Gasteiger partial charge in [0.15, 0.2) is 9.84 Å². The fourth-order valence-electron chi connectivity index (χ4n) is 3.28. The standard InChI is InChI=1S/C23H30N6O3S/c1-4-17-9-5-6-12-20(17)25-23-27-21(26-22(24)28-23)16-29(2)13-8-14-32-18-10-7-11-19(15-18)33(3,30)31/h5-7,9-12,15H,4,8,13-14,16H2,1-3H3,(H3,24,25,26,27,28). The summed E-state index contributed by atoms with van der Waals surface area (Å²) < 4.78 is 29.0. The van der Waals surface area contributed by atoms with Crippen LogP contribution in [0.1, 0.15) is 24.7 Å². The van der Waals surface area contributed by atoms with Crippen molar-refractivity contribution in [1.29, 1.82) is 0 Å². The minimum atomic E-state index is -3.26. The number of nitrogen functional groups attached to an aromatic ring is 1. The van der Waals surface area contributed by atoms with E-state index in [2.05, 4.69) is 38.2 Å². The molecule has 0 spiro atoms. The summed E-state index contributed by atoms with van der Waals surface area (Å²) >= 11 is 0. The molecule has 1 heterocycles. The van der Waals surface area contributed by atoms with Gasteiger partial charge in [-0.05, 0) is 49.7 Å². The minimum Gasteiger partial charge on any atom is -0.494 e. The molecule has 0 unspecified atom stereocenters.